The van der Waals surface area contributed by atoms with Gasteiger partial charge in [0.2, 0.25) is 0 Å². The van der Waals surface area contributed by atoms with Crippen molar-refractivity contribution >= 4 is 5.69 Å². The van der Waals surface area contributed by atoms with Gasteiger partial charge in [0.05, 0.1) is 5.69 Å². The van der Waals surface area contributed by atoms with Crippen LogP contribution in [-0.2, 0) is 6.42 Å². The summed E-state index contributed by atoms with van der Waals surface area (Å²) in [6.45, 7) is 1.96. The summed E-state index contributed by atoms with van der Waals surface area (Å²) in [5.74, 6) is 0.683. The first-order valence-electron chi connectivity index (χ1n) is 5.93. The molecular weight excluding hydrogens is 254 g/mol. The van der Waals surface area contributed by atoms with Crippen LogP contribution in [-0.4, -0.2) is 20.2 Å². The van der Waals surface area contributed by atoms with Crippen molar-refractivity contribution in [2.24, 2.45) is 0 Å². The van der Waals surface area contributed by atoms with Crippen LogP contribution in [0.15, 0.2) is 36.0 Å². The van der Waals surface area contributed by atoms with E-state index >= 15 is 0 Å². The summed E-state index contributed by atoms with van der Waals surface area (Å²) in [7, 11) is 0. The number of nitrogens with zero attached hydrogens (tertiary/aromatic N) is 6. The summed E-state index contributed by atoms with van der Waals surface area (Å²) in [6.07, 6.45) is 2.09. The fraction of sp³-hybridized carbons (Fsp3) is 0.154. The van der Waals surface area contributed by atoms with Gasteiger partial charge in [-0.15, -0.1) is 15.0 Å². The number of aryl methyl sites for hydroxylation is 1. The van der Waals surface area contributed by atoms with Crippen molar-refractivity contribution in [2.75, 3.05) is 5.32 Å². The number of anilines is 1. The summed E-state index contributed by atoms with van der Waals surface area (Å²) >= 11 is 0. The largest absolute Gasteiger partial charge is 0.360 e. The van der Waals surface area contributed by atoms with Gasteiger partial charge in [-0.3, -0.25) is 0 Å². The molecule has 0 saturated heterocycles. The zero-order chi connectivity index (χ0) is 14.4. The number of tetrazole rings is 1. The van der Waals surface area contributed by atoms with E-state index in [9.17, 15) is 0 Å². The van der Waals surface area contributed by atoms with E-state index in [-0.39, 0.29) is 5.57 Å². The van der Waals surface area contributed by atoms with Crippen molar-refractivity contribution in [3.05, 3.63) is 41.9 Å². The maximum atomic E-state index is 8.61. The van der Waals surface area contributed by atoms with E-state index in [4.69, 9.17) is 10.5 Å². The zero-order valence-corrected chi connectivity index (χ0v) is 10.8. The Labute approximate surface area is 115 Å². The molecule has 20 heavy (non-hydrogen) atoms. The van der Waals surface area contributed by atoms with Gasteiger partial charge in [-0.05, 0) is 29.5 Å². The van der Waals surface area contributed by atoms with Gasteiger partial charge in [-0.2, -0.15) is 10.5 Å². The van der Waals surface area contributed by atoms with E-state index in [0.29, 0.717) is 5.82 Å². The van der Waals surface area contributed by atoms with Crippen LogP contribution in [0.25, 0.3) is 5.69 Å². The first-order chi connectivity index (χ1) is 9.76. The highest BCUT2D eigenvalue weighted by Gasteiger charge is 2.02. The van der Waals surface area contributed by atoms with Crippen LogP contribution >= 0.6 is 0 Å². The molecule has 0 atom stereocenters. The van der Waals surface area contributed by atoms with Gasteiger partial charge >= 0.3 is 0 Å². The third-order valence-corrected chi connectivity index (χ3v) is 2.49. The molecule has 1 aromatic heterocycles. The van der Waals surface area contributed by atoms with Crippen LogP contribution in [0.2, 0.25) is 0 Å². The summed E-state index contributed by atoms with van der Waals surface area (Å²) < 4.78 is 0. The molecule has 1 aromatic carbocycles. The first-order valence-corrected chi connectivity index (χ1v) is 5.93. The van der Waals surface area contributed by atoms with E-state index in [2.05, 4.69) is 20.7 Å². The zero-order valence-electron chi connectivity index (χ0n) is 10.8. The number of nitriles is 2. The number of aromatic nitrogens is 4. The molecule has 0 unspecified atom stereocenters. The van der Waals surface area contributed by atoms with Crippen molar-refractivity contribution < 1.29 is 0 Å². The molecule has 7 heteroatoms. The Morgan fingerprint density at radius 3 is 2.55 bits per heavy atom. The fourth-order valence-electron chi connectivity index (χ4n) is 1.43. The Bertz CT molecular complexity index is 682. The average Bonchev–Trinajstić information content (AvgIpc) is 2.98. The normalized spacial score (nSPS) is 9.35. The summed E-state index contributed by atoms with van der Waals surface area (Å²) in [6, 6.07) is 10.8. The number of benzene rings is 1. The lowest BCUT2D eigenvalue weighted by Crippen LogP contribution is -1.99. The molecule has 0 bridgehead atoms. The number of hydrogen-bond donors (Lipinski definition) is 1. The molecule has 0 aliphatic heterocycles. The first kappa shape index (κ1) is 13.2. The van der Waals surface area contributed by atoms with E-state index in [1.54, 1.807) is 24.3 Å². The molecule has 0 aliphatic rings. The van der Waals surface area contributed by atoms with Crippen LogP contribution < -0.4 is 5.32 Å². The monoisotopic (exact) mass is 265 g/mol. The SMILES string of the molecule is CCc1nnn(-c2ccc(NC=C(C#N)C#N)cc2)n1. The molecule has 0 amide bonds. The Kier molecular flexibility index (Phi) is 4.05. The van der Waals surface area contributed by atoms with Crippen LogP contribution in [0.3, 0.4) is 0 Å². The van der Waals surface area contributed by atoms with Gasteiger partial charge in [-0.25, -0.2) is 0 Å². The second-order valence-corrected chi connectivity index (χ2v) is 3.82. The van der Waals surface area contributed by atoms with Crippen molar-refractivity contribution in [2.45, 2.75) is 13.3 Å². The molecule has 0 radical (unpaired) electrons. The average molecular weight is 265 g/mol. The highest BCUT2D eigenvalue weighted by atomic mass is 15.6. The second-order valence-electron chi connectivity index (χ2n) is 3.82. The van der Waals surface area contributed by atoms with E-state index < -0.39 is 0 Å². The summed E-state index contributed by atoms with van der Waals surface area (Å²) in [5, 5.41) is 32.1. The standard InChI is InChI=1S/C13H11N7/c1-2-13-17-19-20(18-13)12-5-3-11(4-6-12)16-9-10(7-14)8-15/h3-6,9,16H,2H2,1H3. The molecule has 1 N–H and O–H groups in total. The molecule has 7 nitrogen and oxygen atoms in total. The van der Waals surface area contributed by atoms with E-state index in [1.807, 2.05) is 19.1 Å². The summed E-state index contributed by atoms with van der Waals surface area (Å²) in [4.78, 5) is 1.45. The van der Waals surface area contributed by atoms with Crippen molar-refractivity contribution in [3.63, 3.8) is 0 Å². The van der Waals surface area contributed by atoms with Crippen molar-refractivity contribution in [3.8, 4) is 17.8 Å². The van der Waals surface area contributed by atoms with Gasteiger partial charge in [0.1, 0.15) is 17.7 Å². The minimum Gasteiger partial charge on any atom is -0.360 e. The van der Waals surface area contributed by atoms with Crippen LogP contribution in [0.5, 0.6) is 0 Å². The maximum absolute atomic E-state index is 8.61. The third-order valence-electron chi connectivity index (χ3n) is 2.49. The summed E-state index contributed by atoms with van der Waals surface area (Å²) in [5.41, 5.74) is 1.56. The van der Waals surface area contributed by atoms with Crippen molar-refractivity contribution in [1.29, 1.82) is 10.5 Å². The Balaban J connectivity index is 2.13. The Morgan fingerprint density at radius 1 is 1.30 bits per heavy atom. The molecule has 0 fully saturated rings. The maximum Gasteiger partial charge on any atom is 0.174 e. The number of nitrogens with one attached hydrogen (secondary N) is 1. The Morgan fingerprint density at radius 2 is 2.00 bits per heavy atom. The molecule has 2 rings (SSSR count). The number of allylic oxidation sites excluding steroid dienone is 1. The topological polar surface area (TPSA) is 103 Å². The molecule has 1 heterocycles. The van der Waals surface area contributed by atoms with Crippen molar-refractivity contribution in [1.82, 2.24) is 20.2 Å². The molecule has 0 saturated carbocycles. The lowest BCUT2D eigenvalue weighted by molar-refractivity contribution is 0.718. The quantitative estimate of drug-likeness (QED) is 0.841. The number of rotatable bonds is 4. The molecule has 0 spiro atoms. The fourth-order valence-corrected chi connectivity index (χ4v) is 1.43. The van der Waals surface area contributed by atoms with Gasteiger partial charge in [-0.1, -0.05) is 6.92 Å². The predicted molar refractivity (Wildman–Crippen MR) is 71.5 cm³/mol. The van der Waals surface area contributed by atoms with Gasteiger partial charge in [0, 0.05) is 18.3 Å². The lowest BCUT2D eigenvalue weighted by Gasteiger charge is -2.02. The van der Waals surface area contributed by atoms with E-state index in [1.165, 1.54) is 11.0 Å². The lowest BCUT2D eigenvalue weighted by atomic mass is 10.3. The predicted octanol–water partition coefficient (Wildman–Crippen LogP) is 1.57. The van der Waals surface area contributed by atoms with Crippen LogP contribution in [0.4, 0.5) is 5.69 Å². The van der Waals surface area contributed by atoms with Crippen LogP contribution in [0.1, 0.15) is 12.7 Å². The molecule has 2 aromatic rings. The van der Waals surface area contributed by atoms with Gasteiger partial charge < -0.3 is 5.32 Å². The molecular formula is C13H11N7. The van der Waals surface area contributed by atoms with Crippen LogP contribution in [0, 0.1) is 22.7 Å². The smallest absolute Gasteiger partial charge is 0.174 e. The van der Waals surface area contributed by atoms with E-state index in [0.717, 1.165) is 17.8 Å². The third kappa shape index (κ3) is 2.98. The second kappa shape index (κ2) is 6.12. The molecule has 98 valence electrons. The minimum absolute atomic E-state index is 0.0135. The Hall–Kier alpha value is -3.19. The van der Waals surface area contributed by atoms with Gasteiger partial charge in [0.25, 0.3) is 0 Å². The van der Waals surface area contributed by atoms with Gasteiger partial charge in [0.15, 0.2) is 5.82 Å². The minimum atomic E-state index is 0.0135. The number of hydrogen-bond acceptors (Lipinski definition) is 6. The highest BCUT2D eigenvalue weighted by Crippen LogP contribution is 2.12. The highest BCUT2D eigenvalue weighted by molar-refractivity contribution is 5.52. The molecule has 0 aliphatic carbocycles.